The zero-order valence-corrected chi connectivity index (χ0v) is 10.8. The molecule has 16 heavy (non-hydrogen) atoms. The maximum absolute atomic E-state index is 11.1. The molecule has 0 saturated carbocycles. The maximum Gasteiger partial charge on any atom is 0.210 e. The van der Waals surface area contributed by atoms with Crippen molar-refractivity contribution in [3.8, 4) is 0 Å². The van der Waals surface area contributed by atoms with Gasteiger partial charge in [0, 0.05) is 24.1 Å². The Morgan fingerprint density at radius 2 is 2.25 bits per heavy atom. The number of carbonyl (C=O) groups is 1. The molecule has 1 aliphatic rings. The first-order valence-corrected chi connectivity index (χ1v) is 6.15. The van der Waals surface area contributed by atoms with E-state index < -0.39 is 0 Å². The van der Waals surface area contributed by atoms with E-state index >= 15 is 0 Å². The highest BCUT2D eigenvalue weighted by molar-refractivity contribution is 9.10. The third kappa shape index (κ3) is 1.87. The minimum Gasteiger partial charge on any atom is -0.333 e. The number of nitrogens with zero attached hydrogens (tertiary/aromatic N) is 1. The van der Waals surface area contributed by atoms with E-state index in [9.17, 15) is 4.79 Å². The van der Waals surface area contributed by atoms with Crippen LogP contribution in [0.1, 0.15) is 12.5 Å². The van der Waals surface area contributed by atoms with Crippen molar-refractivity contribution in [1.82, 2.24) is 10.2 Å². The van der Waals surface area contributed by atoms with Gasteiger partial charge in [-0.05, 0) is 18.6 Å². The normalized spacial score (nSPS) is 25.5. The van der Waals surface area contributed by atoms with E-state index in [0.29, 0.717) is 0 Å². The van der Waals surface area contributed by atoms with Crippen molar-refractivity contribution < 1.29 is 4.79 Å². The molecule has 1 aliphatic heterocycles. The summed E-state index contributed by atoms with van der Waals surface area (Å²) in [5.74, 6) is 0. The molecule has 2 rings (SSSR count). The fourth-order valence-corrected chi connectivity index (χ4v) is 2.91. The van der Waals surface area contributed by atoms with Crippen LogP contribution in [0.5, 0.6) is 0 Å². The molecule has 0 spiro atoms. The first-order valence-electron chi connectivity index (χ1n) is 5.36. The summed E-state index contributed by atoms with van der Waals surface area (Å²) in [7, 11) is 0. The number of halogens is 1. The molecule has 1 N–H and O–H groups in total. The minimum absolute atomic E-state index is 0.264. The fraction of sp³-hybridized carbons (Fsp3) is 0.417. The van der Waals surface area contributed by atoms with Crippen LogP contribution < -0.4 is 5.32 Å². The Labute approximate surface area is 104 Å². The van der Waals surface area contributed by atoms with Gasteiger partial charge in [0.1, 0.15) is 0 Å². The predicted molar refractivity (Wildman–Crippen MR) is 67.1 cm³/mol. The highest BCUT2D eigenvalue weighted by atomic mass is 79.9. The van der Waals surface area contributed by atoms with Crippen LogP contribution in [0.3, 0.4) is 0 Å². The van der Waals surface area contributed by atoms with Crippen LogP contribution in [0, 0.1) is 0 Å². The molecule has 0 radical (unpaired) electrons. The van der Waals surface area contributed by atoms with Crippen LogP contribution in [0.2, 0.25) is 0 Å². The lowest BCUT2D eigenvalue weighted by atomic mass is 9.89. The van der Waals surface area contributed by atoms with Gasteiger partial charge in [-0.15, -0.1) is 0 Å². The van der Waals surface area contributed by atoms with Crippen LogP contribution in [-0.4, -0.2) is 30.9 Å². The predicted octanol–water partition coefficient (Wildman–Crippen LogP) is 1.73. The van der Waals surface area contributed by atoms with Gasteiger partial charge in [0.05, 0.1) is 5.54 Å². The number of benzene rings is 1. The van der Waals surface area contributed by atoms with Gasteiger partial charge in [-0.3, -0.25) is 4.79 Å². The fourth-order valence-electron chi connectivity index (χ4n) is 2.20. The van der Waals surface area contributed by atoms with E-state index in [1.807, 2.05) is 23.1 Å². The molecule has 86 valence electrons. The Kier molecular flexibility index (Phi) is 3.30. The first-order chi connectivity index (χ1) is 7.68. The molecule has 1 amide bonds. The Morgan fingerprint density at radius 1 is 1.50 bits per heavy atom. The monoisotopic (exact) mass is 282 g/mol. The van der Waals surface area contributed by atoms with Crippen molar-refractivity contribution >= 4 is 22.3 Å². The van der Waals surface area contributed by atoms with Gasteiger partial charge < -0.3 is 10.2 Å². The van der Waals surface area contributed by atoms with Gasteiger partial charge in [-0.1, -0.05) is 34.1 Å². The zero-order valence-electron chi connectivity index (χ0n) is 9.24. The molecule has 0 bridgehead atoms. The van der Waals surface area contributed by atoms with Gasteiger partial charge in [0.15, 0.2) is 0 Å². The van der Waals surface area contributed by atoms with Crippen LogP contribution in [0.25, 0.3) is 0 Å². The second kappa shape index (κ2) is 4.55. The summed E-state index contributed by atoms with van der Waals surface area (Å²) >= 11 is 3.55. The third-order valence-electron chi connectivity index (χ3n) is 3.21. The molecule has 3 nitrogen and oxygen atoms in total. The third-order valence-corrected chi connectivity index (χ3v) is 3.91. The Bertz CT molecular complexity index is 396. The summed E-state index contributed by atoms with van der Waals surface area (Å²) in [6.07, 6.45) is 0.945. The molecule has 1 aromatic carbocycles. The molecule has 0 aromatic heterocycles. The molecule has 1 aromatic rings. The topological polar surface area (TPSA) is 32.3 Å². The summed E-state index contributed by atoms with van der Waals surface area (Å²) in [4.78, 5) is 13.0. The maximum atomic E-state index is 11.1. The average Bonchev–Trinajstić information content (AvgIpc) is 2.30. The lowest BCUT2D eigenvalue weighted by Crippen LogP contribution is -2.56. The van der Waals surface area contributed by atoms with Crippen LogP contribution in [0.15, 0.2) is 28.7 Å². The number of hydrogen-bond donors (Lipinski definition) is 1. The largest absolute Gasteiger partial charge is 0.333 e. The molecule has 1 atom stereocenters. The van der Waals surface area contributed by atoms with Gasteiger partial charge in [0.2, 0.25) is 6.41 Å². The summed E-state index contributed by atoms with van der Waals surface area (Å²) in [5.41, 5.74) is 0.884. The molecular weight excluding hydrogens is 268 g/mol. The molecule has 0 aliphatic carbocycles. The average molecular weight is 283 g/mol. The summed E-state index contributed by atoms with van der Waals surface area (Å²) in [6.45, 7) is 4.49. The zero-order chi connectivity index (χ0) is 11.6. The van der Waals surface area contributed by atoms with Gasteiger partial charge in [-0.25, -0.2) is 0 Å². The Balaban J connectivity index is 2.43. The molecule has 1 fully saturated rings. The van der Waals surface area contributed by atoms with Gasteiger partial charge >= 0.3 is 0 Å². The summed E-state index contributed by atoms with van der Waals surface area (Å²) in [6, 6.07) is 8.06. The van der Waals surface area contributed by atoms with Crippen molar-refractivity contribution in [3.05, 3.63) is 34.3 Å². The molecule has 1 heterocycles. The smallest absolute Gasteiger partial charge is 0.210 e. The minimum atomic E-state index is -0.264. The van der Waals surface area contributed by atoms with E-state index in [-0.39, 0.29) is 5.54 Å². The SMILES string of the molecule is CC1(c2ccccc2Br)CNCCN1C=O. The van der Waals surface area contributed by atoms with Gasteiger partial charge in [0.25, 0.3) is 0 Å². The quantitative estimate of drug-likeness (QED) is 0.838. The Hall–Kier alpha value is -0.870. The van der Waals surface area contributed by atoms with Crippen molar-refractivity contribution in [3.63, 3.8) is 0 Å². The van der Waals surface area contributed by atoms with Gasteiger partial charge in [-0.2, -0.15) is 0 Å². The molecule has 1 saturated heterocycles. The van der Waals surface area contributed by atoms with Crippen LogP contribution >= 0.6 is 15.9 Å². The van der Waals surface area contributed by atoms with E-state index in [2.05, 4.69) is 34.2 Å². The number of piperazine rings is 1. The number of rotatable bonds is 2. The summed E-state index contributed by atoms with van der Waals surface area (Å²) in [5, 5.41) is 3.34. The van der Waals surface area contributed by atoms with E-state index in [1.165, 1.54) is 0 Å². The van der Waals surface area contributed by atoms with Crippen molar-refractivity contribution in [2.24, 2.45) is 0 Å². The lowest BCUT2D eigenvalue weighted by molar-refractivity contribution is -0.125. The number of nitrogens with one attached hydrogen (secondary N) is 1. The Morgan fingerprint density at radius 3 is 2.94 bits per heavy atom. The molecule has 1 unspecified atom stereocenters. The summed E-state index contributed by atoms with van der Waals surface area (Å²) < 4.78 is 1.05. The highest BCUT2D eigenvalue weighted by Crippen LogP contribution is 2.33. The van der Waals surface area contributed by atoms with Crippen LogP contribution in [0.4, 0.5) is 0 Å². The van der Waals surface area contributed by atoms with Crippen molar-refractivity contribution in [1.29, 1.82) is 0 Å². The van der Waals surface area contributed by atoms with Crippen LogP contribution in [-0.2, 0) is 10.3 Å². The highest BCUT2D eigenvalue weighted by Gasteiger charge is 2.36. The second-order valence-corrected chi connectivity index (χ2v) is 5.08. The number of hydrogen-bond acceptors (Lipinski definition) is 2. The second-order valence-electron chi connectivity index (χ2n) is 4.23. The lowest BCUT2D eigenvalue weighted by Gasteiger charge is -2.43. The van der Waals surface area contributed by atoms with E-state index in [0.717, 1.165) is 36.1 Å². The van der Waals surface area contributed by atoms with E-state index in [4.69, 9.17) is 0 Å². The van der Waals surface area contributed by atoms with Crippen molar-refractivity contribution in [2.45, 2.75) is 12.5 Å². The van der Waals surface area contributed by atoms with E-state index in [1.54, 1.807) is 0 Å². The standard InChI is InChI=1S/C12H15BrN2O/c1-12(8-14-6-7-15(12)9-16)10-4-2-3-5-11(10)13/h2-5,9,14H,6-8H2,1H3. The van der Waals surface area contributed by atoms with Crippen molar-refractivity contribution in [2.75, 3.05) is 19.6 Å². The number of amides is 1. The number of carbonyl (C=O) groups excluding carboxylic acids is 1. The molecular formula is C12H15BrN2O. The first kappa shape index (κ1) is 11.6. The molecule has 4 heteroatoms.